The zero-order valence-corrected chi connectivity index (χ0v) is 8.26. The average molecular weight is 206 g/mol. The lowest BCUT2D eigenvalue weighted by molar-refractivity contribution is 0.199. The summed E-state index contributed by atoms with van der Waals surface area (Å²) >= 11 is 0. The lowest BCUT2D eigenvalue weighted by atomic mass is 10.1. The van der Waals surface area contributed by atoms with Gasteiger partial charge in [0.15, 0.2) is 0 Å². The number of nitrogens with zero attached hydrogens (tertiary/aromatic N) is 2. The Balaban J connectivity index is 2.44. The van der Waals surface area contributed by atoms with Gasteiger partial charge in [-0.1, -0.05) is 6.07 Å². The molecular formula is C11H11FN2O. The standard InChI is InChI=1S/C11H11FN2O/c1-8(15)9-3-4-11(10(12)7-9)14-6-2-5-13-14/h2-8,15H,1H3/t8-/m1/s1. The minimum absolute atomic E-state index is 0.379. The van der Waals surface area contributed by atoms with E-state index in [9.17, 15) is 9.50 Å². The highest BCUT2D eigenvalue weighted by atomic mass is 19.1. The van der Waals surface area contributed by atoms with Crippen molar-refractivity contribution < 1.29 is 9.50 Å². The molecule has 78 valence electrons. The third kappa shape index (κ3) is 1.89. The van der Waals surface area contributed by atoms with Gasteiger partial charge in [-0.25, -0.2) is 9.07 Å². The Morgan fingerprint density at radius 1 is 1.47 bits per heavy atom. The van der Waals surface area contributed by atoms with Crippen LogP contribution in [0.2, 0.25) is 0 Å². The monoisotopic (exact) mass is 206 g/mol. The van der Waals surface area contributed by atoms with Crippen molar-refractivity contribution in [2.45, 2.75) is 13.0 Å². The average Bonchev–Trinajstić information content (AvgIpc) is 2.70. The zero-order chi connectivity index (χ0) is 10.8. The van der Waals surface area contributed by atoms with Crippen LogP contribution in [0.4, 0.5) is 4.39 Å². The van der Waals surface area contributed by atoms with E-state index in [0.717, 1.165) is 0 Å². The lowest BCUT2D eigenvalue weighted by Gasteiger charge is -2.07. The number of rotatable bonds is 2. The maximum absolute atomic E-state index is 13.6. The summed E-state index contributed by atoms with van der Waals surface area (Å²) in [5.74, 6) is -0.392. The van der Waals surface area contributed by atoms with Gasteiger partial charge in [0.25, 0.3) is 0 Å². The Morgan fingerprint density at radius 2 is 2.27 bits per heavy atom. The predicted octanol–water partition coefficient (Wildman–Crippen LogP) is 2.06. The van der Waals surface area contributed by atoms with E-state index in [1.165, 1.54) is 10.7 Å². The fourth-order valence-corrected chi connectivity index (χ4v) is 1.38. The molecular weight excluding hydrogens is 195 g/mol. The molecule has 0 amide bonds. The molecule has 0 unspecified atom stereocenters. The predicted molar refractivity (Wildman–Crippen MR) is 54.2 cm³/mol. The number of benzene rings is 1. The molecule has 0 fully saturated rings. The first-order valence-corrected chi connectivity index (χ1v) is 4.66. The molecule has 1 N–H and O–H groups in total. The number of aliphatic hydroxyl groups is 1. The van der Waals surface area contributed by atoms with Crippen LogP contribution in [-0.2, 0) is 0 Å². The van der Waals surface area contributed by atoms with Crippen LogP contribution < -0.4 is 0 Å². The number of aromatic nitrogens is 2. The van der Waals surface area contributed by atoms with Crippen LogP contribution in [0.5, 0.6) is 0 Å². The van der Waals surface area contributed by atoms with Crippen LogP contribution in [0, 0.1) is 5.82 Å². The largest absolute Gasteiger partial charge is 0.389 e. The van der Waals surface area contributed by atoms with Crippen molar-refractivity contribution in [2.75, 3.05) is 0 Å². The molecule has 2 aromatic rings. The highest BCUT2D eigenvalue weighted by Crippen LogP contribution is 2.18. The van der Waals surface area contributed by atoms with Gasteiger partial charge in [-0.15, -0.1) is 0 Å². The van der Waals surface area contributed by atoms with Crippen LogP contribution in [0.1, 0.15) is 18.6 Å². The molecule has 0 aliphatic rings. The van der Waals surface area contributed by atoms with E-state index in [1.807, 2.05) is 0 Å². The molecule has 0 aliphatic carbocycles. The summed E-state index contributed by atoms with van der Waals surface area (Å²) in [7, 11) is 0. The van der Waals surface area contributed by atoms with Gasteiger partial charge in [-0.2, -0.15) is 5.10 Å². The van der Waals surface area contributed by atoms with Crippen LogP contribution in [-0.4, -0.2) is 14.9 Å². The van der Waals surface area contributed by atoms with Gasteiger partial charge in [0.05, 0.1) is 6.10 Å². The molecule has 3 nitrogen and oxygen atoms in total. The lowest BCUT2D eigenvalue weighted by Crippen LogP contribution is -2.00. The zero-order valence-electron chi connectivity index (χ0n) is 8.26. The van der Waals surface area contributed by atoms with E-state index in [4.69, 9.17) is 0 Å². The molecule has 0 saturated carbocycles. The summed E-state index contributed by atoms with van der Waals surface area (Å²) in [5.41, 5.74) is 0.938. The normalized spacial score (nSPS) is 12.7. The van der Waals surface area contributed by atoms with Crippen molar-refractivity contribution in [3.63, 3.8) is 0 Å². The third-order valence-corrected chi connectivity index (χ3v) is 2.21. The Hall–Kier alpha value is -1.68. The summed E-state index contributed by atoms with van der Waals surface area (Å²) in [4.78, 5) is 0. The first-order valence-electron chi connectivity index (χ1n) is 4.66. The second-order valence-electron chi connectivity index (χ2n) is 3.34. The molecule has 0 saturated heterocycles. The summed E-state index contributed by atoms with van der Waals surface area (Å²) in [6.07, 6.45) is 2.59. The van der Waals surface area contributed by atoms with Gasteiger partial charge in [0.1, 0.15) is 11.5 Å². The highest BCUT2D eigenvalue weighted by molar-refractivity contribution is 5.36. The molecule has 0 bridgehead atoms. The van der Waals surface area contributed by atoms with Gasteiger partial charge < -0.3 is 5.11 Å². The maximum Gasteiger partial charge on any atom is 0.149 e. The van der Waals surface area contributed by atoms with E-state index < -0.39 is 11.9 Å². The van der Waals surface area contributed by atoms with Crippen molar-refractivity contribution in [2.24, 2.45) is 0 Å². The number of hydrogen-bond acceptors (Lipinski definition) is 2. The summed E-state index contributed by atoms with van der Waals surface area (Å²) in [5, 5.41) is 13.2. The Bertz CT molecular complexity index is 452. The Morgan fingerprint density at radius 3 is 2.80 bits per heavy atom. The summed E-state index contributed by atoms with van der Waals surface area (Å²) in [6.45, 7) is 1.60. The molecule has 15 heavy (non-hydrogen) atoms. The first kappa shape index (κ1) is 9.86. The molecule has 1 heterocycles. The minimum Gasteiger partial charge on any atom is -0.389 e. The summed E-state index contributed by atoms with van der Waals surface area (Å²) < 4.78 is 15.0. The molecule has 1 aromatic heterocycles. The van der Waals surface area contributed by atoms with Crippen molar-refractivity contribution in [3.8, 4) is 5.69 Å². The van der Waals surface area contributed by atoms with Crippen LogP contribution in [0.25, 0.3) is 5.69 Å². The van der Waals surface area contributed by atoms with Crippen molar-refractivity contribution in [3.05, 3.63) is 48.0 Å². The molecule has 1 atom stereocenters. The van der Waals surface area contributed by atoms with Gasteiger partial charge in [-0.3, -0.25) is 0 Å². The Kier molecular flexibility index (Phi) is 2.51. The quantitative estimate of drug-likeness (QED) is 0.816. The molecule has 1 aromatic carbocycles. The molecule has 2 rings (SSSR count). The van der Waals surface area contributed by atoms with Crippen LogP contribution in [0.3, 0.4) is 0 Å². The van der Waals surface area contributed by atoms with Gasteiger partial charge in [0, 0.05) is 12.4 Å². The van der Waals surface area contributed by atoms with Gasteiger partial charge in [-0.05, 0) is 30.7 Å². The molecule has 0 spiro atoms. The second-order valence-corrected chi connectivity index (χ2v) is 3.34. The van der Waals surface area contributed by atoms with Crippen LogP contribution >= 0.6 is 0 Å². The third-order valence-electron chi connectivity index (χ3n) is 2.21. The first-order chi connectivity index (χ1) is 7.18. The number of aliphatic hydroxyl groups excluding tert-OH is 1. The molecule has 0 radical (unpaired) electrons. The Labute approximate surface area is 86.8 Å². The maximum atomic E-state index is 13.6. The van der Waals surface area contributed by atoms with Crippen molar-refractivity contribution in [1.29, 1.82) is 0 Å². The smallest absolute Gasteiger partial charge is 0.149 e. The van der Waals surface area contributed by atoms with Crippen molar-refractivity contribution in [1.82, 2.24) is 9.78 Å². The number of hydrogen-bond donors (Lipinski definition) is 1. The summed E-state index contributed by atoms with van der Waals surface area (Å²) in [6, 6.07) is 6.33. The highest BCUT2D eigenvalue weighted by Gasteiger charge is 2.08. The van der Waals surface area contributed by atoms with E-state index in [1.54, 1.807) is 37.5 Å². The van der Waals surface area contributed by atoms with E-state index in [0.29, 0.717) is 11.3 Å². The topological polar surface area (TPSA) is 38.0 Å². The minimum atomic E-state index is -0.661. The SMILES string of the molecule is C[C@@H](O)c1ccc(-n2cccn2)c(F)c1. The fourth-order valence-electron chi connectivity index (χ4n) is 1.38. The van der Waals surface area contributed by atoms with Crippen molar-refractivity contribution >= 4 is 0 Å². The van der Waals surface area contributed by atoms with Gasteiger partial charge >= 0.3 is 0 Å². The van der Waals surface area contributed by atoms with E-state index in [-0.39, 0.29) is 0 Å². The second kappa shape index (κ2) is 3.82. The molecule has 4 heteroatoms. The van der Waals surface area contributed by atoms with Crippen LogP contribution in [0.15, 0.2) is 36.7 Å². The van der Waals surface area contributed by atoms with E-state index in [2.05, 4.69) is 5.10 Å². The van der Waals surface area contributed by atoms with Gasteiger partial charge in [0.2, 0.25) is 0 Å². The van der Waals surface area contributed by atoms with E-state index >= 15 is 0 Å². The molecule has 0 aliphatic heterocycles. The number of halogens is 1. The fraction of sp³-hybridized carbons (Fsp3) is 0.182.